The van der Waals surface area contributed by atoms with Gasteiger partial charge >= 0.3 is 0 Å². The minimum absolute atomic E-state index is 0.0152. The van der Waals surface area contributed by atoms with Crippen LogP contribution in [0.3, 0.4) is 0 Å². The Morgan fingerprint density at radius 3 is 2.88 bits per heavy atom. The highest BCUT2D eigenvalue weighted by molar-refractivity contribution is 8.01. The molecule has 0 aromatic heterocycles. The summed E-state index contributed by atoms with van der Waals surface area (Å²) in [5.41, 5.74) is 2.33. The highest BCUT2D eigenvalue weighted by Gasteiger charge is 2.37. The number of benzene rings is 1. The number of carbonyl (C=O) groups excluding carboxylic acids is 1. The number of amides is 1. The van der Waals surface area contributed by atoms with Crippen LogP contribution in [0.5, 0.6) is 0 Å². The Labute approximate surface area is 106 Å². The Hall–Kier alpha value is -1.00. The van der Waals surface area contributed by atoms with Gasteiger partial charge in [0.15, 0.2) is 0 Å². The fraction of sp³-hybridized carbons (Fsp3) is 0.462. The summed E-state index contributed by atoms with van der Waals surface area (Å²) in [5.74, 6) is 0.121. The van der Waals surface area contributed by atoms with E-state index in [0.717, 1.165) is 5.56 Å². The molecule has 1 fully saturated rings. The van der Waals surface area contributed by atoms with Gasteiger partial charge in [-0.25, -0.2) is 0 Å². The summed E-state index contributed by atoms with van der Waals surface area (Å²) >= 11 is 1.65. The number of nitrogens with zero attached hydrogens (tertiary/aromatic N) is 1. The average Bonchev–Trinajstić information content (AvgIpc) is 2.58. The van der Waals surface area contributed by atoms with Gasteiger partial charge in [-0.15, -0.1) is 11.8 Å². The van der Waals surface area contributed by atoms with Gasteiger partial charge in [0.05, 0.1) is 11.9 Å². The predicted octanol–water partition coefficient (Wildman–Crippen LogP) is 1.95. The summed E-state index contributed by atoms with van der Waals surface area (Å²) in [4.78, 5) is 13.7. The van der Waals surface area contributed by atoms with Crippen molar-refractivity contribution in [2.75, 3.05) is 13.2 Å². The molecule has 0 aliphatic carbocycles. The van der Waals surface area contributed by atoms with Crippen molar-refractivity contribution in [1.29, 1.82) is 0 Å². The third-order valence-corrected chi connectivity index (χ3v) is 4.31. The molecule has 2 rings (SSSR count). The second kappa shape index (κ2) is 5.10. The van der Waals surface area contributed by atoms with Crippen molar-refractivity contribution in [2.45, 2.75) is 24.5 Å². The second-order valence-corrected chi connectivity index (χ2v) is 5.73. The Morgan fingerprint density at radius 1 is 1.47 bits per heavy atom. The first-order chi connectivity index (χ1) is 8.13. The van der Waals surface area contributed by atoms with E-state index in [9.17, 15) is 4.79 Å². The first-order valence-corrected chi connectivity index (χ1v) is 6.71. The van der Waals surface area contributed by atoms with Gasteiger partial charge in [-0.2, -0.15) is 0 Å². The SMILES string of the molecule is Cc1cccc(C2SC(C)C(=O)N2CCO)c1. The molecule has 1 aromatic carbocycles. The lowest BCUT2D eigenvalue weighted by molar-refractivity contribution is -0.130. The molecule has 1 heterocycles. The molecule has 0 spiro atoms. The molecule has 1 N–H and O–H groups in total. The van der Waals surface area contributed by atoms with Gasteiger partial charge in [0.1, 0.15) is 5.37 Å². The highest BCUT2D eigenvalue weighted by Crippen LogP contribution is 2.42. The van der Waals surface area contributed by atoms with Crippen LogP contribution < -0.4 is 0 Å². The number of hydrogen-bond donors (Lipinski definition) is 1. The van der Waals surface area contributed by atoms with Crippen LogP contribution in [-0.4, -0.2) is 34.3 Å². The van der Waals surface area contributed by atoms with Gasteiger partial charge < -0.3 is 10.0 Å². The van der Waals surface area contributed by atoms with Crippen molar-refractivity contribution < 1.29 is 9.90 Å². The molecule has 4 heteroatoms. The fourth-order valence-electron chi connectivity index (χ4n) is 2.09. The molecule has 3 nitrogen and oxygen atoms in total. The normalized spacial score (nSPS) is 24.4. The van der Waals surface area contributed by atoms with Crippen molar-refractivity contribution in [2.24, 2.45) is 0 Å². The Bertz CT molecular complexity index is 422. The summed E-state index contributed by atoms with van der Waals surface area (Å²) in [5, 5.41) is 9.07. The average molecular weight is 251 g/mol. The fourth-order valence-corrected chi connectivity index (χ4v) is 3.39. The predicted molar refractivity (Wildman–Crippen MR) is 69.8 cm³/mol. The standard InChI is InChI=1S/C13H17NO2S/c1-9-4-3-5-11(8-9)13-14(6-7-15)12(16)10(2)17-13/h3-5,8,10,13,15H,6-7H2,1-2H3. The van der Waals surface area contributed by atoms with E-state index in [-0.39, 0.29) is 23.1 Å². The third kappa shape index (κ3) is 2.48. The molecule has 2 atom stereocenters. The lowest BCUT2D eigenvalue weighted by Gasteiger charge is -2.23. The van der Waals surface area contributed by atoms with Crippen LogP contribution in [0.25, 0.3) is 0 Å². The van der Waals surface area contributed by atoms with Crippen LogP contribution in [-0.2, 0) is 4.79 Å². The topological polar surface area (TPSA) is 40.5 Å². The number of hydrogen-bond acceptors (Lipinski definition) is 3. The van der Waals surface area contributed by atoms with Crippen molar-refractivity contribution in [3.05, 3.63) is 35.4 Å². The Balaban J connectivity index is 2.27. The zero-order chi connectivity index (χ0) is 12.4. The molecule has 0 radical (unpaired) electrons. The molecule has 0 bridgehead atoms. The number of carbonyl (C=O) groups is 1. The zero-order valence-electron chi connectivity index (χ0n) is 10.1. The molecule has 2 unspecified atom stereocenters. The second-order valence-electron chi connectivity index (χ2n) is 4.30. The molecule has 0 saturated carbocycles. The summed E-state index contributed by atoms with van der Waals surface area (Å²) < 4.78 is 0. The first-order valence-electron chi connectivity index (χ1n) is 5.77. The smallest absolute Gasteiger partial charge is 0.236 e. The number of rotatable bonds is 3. The molecule has 1 aromatic rings. The van der Waals surface area contributed by atoms with E-state index in [1.165, 1.54) is 5.56 Å². The van der Waals surface area contributed by atoms with Crippen LogP contribution in [0.4, 0.5) is 0 Å². The molecule has 1 aliphatic rings. The van der Waals surface area contributed by atoms with Gasteiger partial charge in [0, 0.05) is 6.54 Å². The molecule has 1 aliphatic heterocycles. The van der Waals surface area contributed by atoms with Gasteiger partial charge in [-0.05, 0) is 19.4 Å². The van der Waals surface area contributed by atoms with Crippen molar-refractivity contribution >= 4 is 17.7 Å². The van der Waals surface area contributed by atoms with Gasteiger partial charge in [0.2, 0.25) is 5.91 Å². The van der Waals surface area contributed by atoms with Crippen molar-refractivity contribution in [1.82, 2.24) is 4.90 Å². The highest BCUT2D eigenvalue weighted by atomic mass is 32.2. The van der Waals surface area contributed by atoms with Crippen LogP contribution in [0.15, 0.2) is 24.3 Å². The lowest BCUT2D eigenvalue weighted by Crippen LogP contribution is -2.32. The third-order valence-electron chi connectivity index (χ3n) is 2.92. The number of β-amino-alcohol motifs (C(OH)–C–C–N with tert-alkyl or cyclic N) is 1. The minimum Gasteiger partial charge on any atom is -0.395 e. The van der Waals surface area contributed by atoms with E-state index < -0.39 is 0 Å². The number of aliphatic hydroxyl groups is 1. The molecular formula is C13H17NO2S. The van der Waals surface area contributed by atoms with Crippen LogP contribution in [0.1, 0.15) is 23.4 Å². The van der Waals surface area contributed by atoms with E-state index in [1.807, 2.05) is 32.0 Å². The van der Waals surface area contributed by atoms with Crippen molar-refractivity contribution in [3.8, 4) is 0 Å². The van der Waals surface area contributed by atoms with Gasteiger partial charge in [0.25, 0.3) is 0 Å². The maximum Gasteiger partial charge on any atom is 0.236 e. The van der Waals surface area contributed by atoms with E-state index in [4.69, 9.17) is 5.11 Å². The Kier molecular flexibility index (Phi) is 3.74. The van der Waals surface area contributed by atoms with Crippen LogP contribution >= 0.6 is 11.8 Å². The summed E-state index contributed by atoms with van der Waals surface area (Å²) in [7, 11) is 0. The van der Waals surface area contributed by atoms with E-state index in [0.29, 0.717) is 6.54 Å². The maximum atomic E-state index is 12.0. The summed E-state index contributed by atoms with van der Waals surface area (Å²) in [6.45, 7) is 4.40. The molecule has 92 valence electrons. The maximum absolute atomic E-state index is 12.0. The minimum atomic E-state index is -0.0212. The molecular weight excluding hydrogens is 234 g/mol. The summed E-state index contributed by atoms with van der Waals surface area (Å²) in [6, 6.07) is 8.20. The number of aryl methyl sites for hydroxylation is 1. The quantitative estimate of drug-likeness (QED) is 0.892. The molecule has 1 amide bonds. The molecule has 17 heavy (non-hydrogen) atoms. The summed E-state index contributed by atoms with van der Waals surface area (Å²) in [6.07, 6.45) is 0. The molecule has 1 saturated heterocycles. The van der Waals surface area contributed by atoms with Gasteiger partial charge in [-0.3, -0.25) is 4.79 Å². The van der Waals surface area contributed by atoms with Crippen LogP contribution in [0, 0.1) is 6.92 Å². The zero-order valence-corrected chi connectivity index (χ0v) is 10.9. The first kappa shape index (κ1) is 12.5. The largest absolute Gasteiger partial charge is 0.395 e. The van der Waals surface area contributed by atoms with E-state index in [1.54, 1.807) is 16.7 Å². The number of thioether (sulfide) groups is 1. The van der Waals surface area contributed by atoms with Crippen LogP contribution in [0.2, 0.25) is 0 Å². The lowest BCUT2D eigenvalue weighted by atomic mass is 10.1. The number of aliphatic hydroxyl groups excluding tert-OH is 1. The van der Waals surface area contributed by atoms with Gasteiger partial charge in [-0.1, -0.05) is 29.8 Å². The van der Waals surface area contributed by atoms with Crippen molar-refractivity contribution in [3.63, 3.8) is 0 Å². The van der Waals surface area contributed by atoms with E-state index >= 15 is 0 Å². The van der Waals surface area contributed by atoms with E-state index in [2.05, 4.69) is 6.07 Å². The monoisotopic (exact) mass is 251 g/mol. The Morgan fingerprint density at radius 2 is 2.24 bits per heavy atom.